The molecule has 1 unspecified atom stereocenters. The van der Waals surface area contributed by atoms with Gasteiger partial charge >= 0.3 is 0 Å². The van der Waals surface area contributed by atoms with Crippen molar-refractivity contribution in [3.8, 4) is 0 Å². The Balaban J connectivity index is 1.83. The molecule has 2 aromatic rings. The van der Waals surface area contributed by atoms with Gasteiger partial charge in [-0.3, -0.25) is 4.79 Å². The molecule has 1 atom stereocenters. The molecule has 0 radical (unpaired) electrons. The molecule has 2 aromatic heterocycles. The molecule has 0 saturated heterocycles. The number of amides is 1. The molecule has 114 valence electrons. The van der Waals surface area contributed by atoms with E-state index in [1.807, 2.05) is 19.1 Å². The Morgan fingerprint density at radius 2 is 2.43 bits per heavy atom. The first-order valence-electron chi connectivity index (χ1n) is 6.89. The van der Waals surface area contributed by atoms with Gasteiger partial charge in [-0.25, -0.2) is 4.68 Å². The molecule has 0 saturated carbocycles. The molecule has 1 N–H and O–H groups in total. The van der Waals surface area contributed by atoms with Gasteiger partial charge in [-0.15, -0.1) is 5.10 Å². The number of furan rings is 1. The average Bonchev–Trinajstić information content (AvgIpc) is 3.09. The van der Waals surface area contributed by atoms with E-state index < -0.39 is 0 Å². The predicted molar refractivity (Wildman–Crippen MR) is 78.9 cm³/mol. The van der Waals surface area contributed by atoms with E-state index in [0.29, 0.717) is 17.5 Å². The molecule has 8 heteroatoms. The monoisotopic (exact) mass is 309 g/mol. The van der Waals surface area contributed by atoms with Crippen LogP contribution >= 0.6 is 11.8 Å². The molecular formula is C13H19N5O2S. The van der Waals surface area contributed by atoms with E-state index in [4.69, 9.17) is 4.42 Å². The van der Waals surface area contributed by atoms with Crippen LogP contribution in [-0.4, -0.2) is 37.9 Å². The van der Waals surface area contributed by atoms with E-state index in [2.05, 4.69) is 27.8 Å². The maximum atomic E-state index is 11.8. The lowest BCUT2D eigenvalue weighted by molar-refractivity contribution is -0.119. The van der Waals surface area contributed by atoms with E-state index in [0.717, 1.165) is 18.6 Å². The third kappa shape index (κ3) is 4.89. The van der Waals surface area contributed by atoms with E-state index in [1.165, 1.54) is 11.8 Å². The summed E-state index contributed by atoms with van der Waals surface area (Å²) >= 11 is 1.32. The highest BCUT2D eigenvalue weighted by molar-refractivity contribution is 7.99. The molecule has 7 nitrogen and oxygen atoms in total. The highest BCUT2D eigenvalue weighted by Gasteiger charge is 2.12. The number of nitrogens with one attached hydrogen (secondary N) is 1. The molecule has 1 amide bonds. The van der Waals surface area contributed by atoms with Gasteiger partial charge in [-0.2, -0.15) is 0 Å². The van der Waals surface area contributed by atoms with Crippen LogP contribution in [0.25, 0.3) is 0 Å². The minimum absolute atomic E-state index is 0.00602. The van der Waals surface area contributed by atoms with Crippen molar-refractivity contribution in [2.45, 2.75) is 44.4 Å². The van der Waals surface area contributed by atoms with Crippen molar-refractivity contribution in [1.82, 2.24) is 25.5 Å². The number of aromatic nitrogens is 4. The van der Waals surface area contributed by atoms with E-state index in [9.17, 15) is 4.79 Å². The Morgan fingerprint density at radius 1 is 1.57 bits per heavy atom. The van der Waals surface area contributed by atoms with Crippen LogP contribution in [0.4, 0.5) is 0 Å². The third-order valence-electron chi connectivity index (χ3n) is 2.85. The largest absolute Gasteiger partial charge is 0.467 e. The van der Waals surface area contributed by atoms with Gasteiger partial charge in [0.25, 0.3) is 0 Å². The van der Waals surface area contributed by atoms with Crippen LogP contribution in [0.3, 0.4) is 0 Å². The first-order chi connectivity index (χ1) is 10.2. The molecule has 0 fully saturated rings. The number of rotatable bonds is 8. The highest BCUT2D eigenvalue weighted by Crippen LogP contribution is 2.15. The van der Waals surface area contributed by atoms with Crippen LogP contribution < -0.4 is 5.32 Å². The molecule has 2 heterocycles. The zero-order valence-electron chi connectivity index (χ0n) is 12.2. The fourth-order valence-corrected chi connectivity index (χ4v) is 2.59. The van der Waals surface area contributed by atoms with Crippen LogP contribution in [-0.2, 0) is 11.3 Å². The van der Waals surface area contributed by atoms with Crippen LogP contribution in [0.5, 0.6) is 0 Å². The fraction of sp³-hybridized carbons (Fsp3) is 0.538. The van der Waals surface area contributed by atoms with Crippen molar-refractivity contribution in [1.29, 1.82) is 0 Å². The van der Waals surface area contributed by atoms with E-state index in [1.54, 1.807) is 10.9 Å². The number of tetrazole rings is 1. The maximum absolute atomic E-state index is 11.8. The molecule has 0 aromatic carbocycles. The second-order valence-corrected chi connectivity index (χ2v) is 5.69. The number of carbonyl (C=O) groups is 1. The van der Waals surface area contributed by atoms with Crippen molar-refractivity contribution in [3.05, 3.63) is 24.2 Å². The van der Waals surface area contributed by atoms with Crippen LogP contribution in [0, 0.1) is 0 Å². The molecular weight excluding hydrogens is 290 g/mol. The zero-order chi connectivity index (χ0) is 15.1. The van der Waals surface area contributed by atoms with E-state index in [-0.39, 0.29) is 11.9 Å². The van der Waals surface area contributed by atoms with E-state index >= 15 is 0 Å². The number of nitrogens with zero attached hydrogens (tertiary/aromatic N) is 4. The first kappa shape index (κ1) is 15.6. The second kappa shape index (κ2) is 7.82. The fourth-order valence-electron chi connectivity index (χ4n) is 1.90. The van der Waals surface area contributed by atoms with Crippen molar-refractivity contribution in [2.24, 2.45) is 0 Å². The third-order valence-corrected chi connectivity index (χ3v) is 3.80. The number of hydrogen-bond acceptors (Lipinski definition) is 6. The summed E-state index contributed by atoms with van der Waals surface area (Å²) in [5, 5.41) is 15.0. The SMILES string of the molecule is CCCC(C)NC(=O)CSc1nnnn1Cc1ccco1. The smallest absolute Gasteiger partial charge is 0.230 e. The quantitative estimate of drug-likeness (QED) is 0.747. The van der Waals surface area contributed by atoms with Gasteiger partial charge in [0.05, 0.1) is 12.0 Å². The van der Waals surface area contributed by atoms with Crippen LogP contribution in [0.1, 0.15) is 32.4 Å². The van der Waals surface area contributed by atoms with Gasteiger partial charge in [-0.1, -0.05) is 25.1 Å². The Labute approximate surface area is 127 Å². The predicted octanol–water partition coefficient (Wildman–Crippen LogP) is 1.71. The Hall–Kier alpha value is -1.83. The lowest BCUT2D eigenvalue weighted by Crippen LogP contribution is -2.33. The van der Waals surface area contributed by atoms with Crippen LogP contribution in [0.2, 0.25) is 0 Å². The Bertz CT molecular complexity index is 555. The summed E-state index contributed by atoms with van der Waals surface area (Å²) in [7, 11) is 0. The highest BCUT2D eigenvalue weighted by atomic mass is 32.2. The average molecular weight is 309 g/mol. The van der Waals surface area contributed by atoms with Gasteiger partial charge in [0, 0.05) is 6.04 Å². The molecule has 0 aliphatic carbocycles. The second-order valence-electron chi connectivity index (χ2n) is 4.74. The van der Waals surface area contributed by atoms with Gasteiger partial charge in [0.2, 0.25) is 11.1 Å². The zero-order valence-corrected chi connectivity index (χ0v) is 13.0. The van der Waals surface area contributed by atoms with Crippen LogP contribution in [0.15, 0.2) is 28.0 Å². The number of hydrogen-bond donors (Lipinski definition) is 1. The molecule has 2 rings (SSSR count). The normalized spacial score (nSPS) is 12.3. The summed E-state index contributed by atoms with van der Waals surface area (Å²) in [6.07, 6.45) is 3.64. The standard InChI is InChI=1S/C13H19N5O2S/c1-3-5-10(2)14-12(19)9-21-13-15-16-17-18(13)8-11-6-4-7-20-11/h4,6-7,10H,3,5,8-9H2,1-2H3,(H,14,19). The summed E-state index contributed by atoms with van der Waals surface area (Å²) in [6, 6.07) is 3.87. The van der Waals surface area contributed by atoms with Crippen molar-refractivity contribution >= 4 is 17.7 Å². The lowest BCUT2D eigenvalue weighted by Gasteiger charge is -2.12. The van der Waals surface area contributed by atoms with Crippen molar-refractivity contribution in [3.63, 3.8) is 0 Å². The minimum Gasteiger partial charge on any atom is -0.467 e. The number of carbonyl (C=O) groups excluding carboxylic acids is 1. The Kier molecular flexibility index (Phi) is 5.79. The van der Waals surface area contributed by atoms with Gasteiger partial charge in [0.15, 0.2) is 0 Å². The summed E-state index contributed by atoms with van der Waals surface area (Å²) < 4.78 is 6.88. The topological polar surface area (TPSA) is 85.8 Å². The Morgan fingerprint density at radius 3 is 3.14 bits per heavy atom. The summed E-state index contributed by atoms with van der Waals surface area (Å²) in [6.45, 7) is 4.56. The molecule has 0 spiro atoms. The van der Waals surface area contributed by atoms with Gasteiger partial charge < -0.3 is 9.73 Å². The molecule has 0 bridgehead atoms. The van der Waals surface area contributed by atoms with Gasteiger partial charge in [0.1, 0.15) is 12.3 Å². The summed E-state index contributed by atoms with van der Waals surface area (Å²) in [5.74, 6) is 1.06. The summed E-state index contributed by atoms with van der Waals surface area (Å²) in [4.78, 5) is 11.8. The minimum atomic E-state index is -0.00602. The van der Waals surface area contributed by atoms with Crippen molar-refractivity contribution < 1.29 is 9.21 Å². The molecule has 0 aliphatic heterocycles. The van der Waals surface area contributed by atoms with Gasteiger partial charge in [-0.05, 0) is 35.9 Å². The van der Waals surface area contributed by atoms with Crippen molar-refractivity contribution in [2.75, 3.05) is 5.75 Å². The number of thioether (sulfide) groups is 1. The summed E-state index contributed by atoms with van der Waals surface area (Å²) in [5.41, 5.74) is 0. The maximum Gasteiger partial charge on any atom is 0.230 e. The molecule has 21 heavy (non-hydrogen) atoms. The first-order valence-corrected chi connectivity index (χ1v) is 7.88. The lowest BCUT2D eigenvalue weighted by atomic mass is 10.2. The molecule has 0 aliphatic rings.